The minimum Gasteiger partial charge on any atom is -0.393 e. The summed E-state index contributed by atoms with van der Waals surface area (Å²) < 4.78 is 1.93. The minimum absolute atomic E-state index is 0.219. The van der Waals surface area contributed by atoms with Crippen LogP contribution in [0.1, 0.15) is 13.3 Å². The molecule has 0 aromatic rings. The van der Waals surface area contributed by atoms with E-state index in [0.717, 1.165) is 6.42 Å². The monoisotopic (exact) mass is 238 g/mol. The van der Waals surface area contributed by atoms with Crippen molar-refractivity contribution in [1.82, 2.24) is 0 Å². The summed E-state index contributed by atoms with van der Waals surface area (Å²) in [4.78, 5) is 0. The lowest BCUT2D eigenvalue weighted by Crippen LogP contribution is -1.94. The molecule has 0 amide bonds. The Kier molecular flexibility index (Phi) is 6.41. The van der Waals surface area contributed by atoms with Crippen molar-refractivity contribution in [2.45, 2.75) is 19.4 Å². The predicted octanol–water partition coefficient (Wildman–Crippen LogP) is 2.26. The van der Waals surface area contributed by atoms with Gasteiger partial charge in [0.15, 0.2) is 0 Å². The molecule has 0 aromatic heterocycles. The van der Waals surface area contributed by atoms with E-state index in [0.29, 0.717) is 0 Å². The molecule has 0 radical (unpaired) electrons. The topological polar surface area (TPSA) is 20.2 Å². The Labute approximate surface area is 69.6 Å². The minimum atomic E-state index is -0.219. The maximum Gasteiger partial charge on any atom is 0.0546 e. The van der Waals surface area contributed by atoms with E-state index in [1.807, 2.05) is 22.3 Å². The number of rotatable bonds is 3. The third-order valence-corrected chi connectivity index (χ3v) is 1.21. The van der Waals surface area contributed by atoms with Gasteiger partial charge in [-0.25, -0.2) is 0 Å². The molecule has 52 valence electrons. The third-order valence-electron chi connectivity index (χ3n) is 0.797. The van der Waals surface area contributed by atoms with E-state index in [1.165, 1.54) is 0 Å². The third kappa shape index (κ3) is 8.17. The van der Waals surface area contributed by atoms with E-state index in [2.05, 4.69) is 22.6 Å². The first-order chi connectivity index (χ1) is 4.27. The first-order valence-corrected chi connectivity index (χ1v) is 4.12. The fourth-order valence-corrected chi connectivity index (χ4v) is 0.636. The van der Waals surface area contributed by atoms with Gasteiger partial charge in [0.05, 0.1) is 6.10 Å². The maximum absolute atomic E-state index is 8.77. The van der Waals surface area contributed by atoms with Crippen LogP contribution in [0.2, 0.25) is 0 Å². The molecule has 0 unspecified atom stereocenters. The van der Waals surface area contributed by atoms with Crippen LogP contribution in [-0.2, 0) is 0 Å². The Morgan fingerprint density at radius 2 is 2.22 bits per heavy atom. The van der Waals surface area contributed by atoms with E-state index >= 15 is 0 Å². The molecular weight excluding hydrogens is 227 g/mol. The van der Waals surface area contributed by atoms with Gasteiger partial charge in [0.25, 0.3) is 0 Å². The molecule has 0 bridgehead atoms. The van der Waals surface area contributed by atoms with Gasteiger partial charge >= 0.3 is 0 Å². The van der Waals surface area contributed by atoms with Crippen molar-refractivity contribution >= 4 is 22.6 Å². The van der Waals surface area contributed by atoms with Crippen LogP contribution in [0.15, 0.2) is 22.3 Å². The summed E-state index contributed by atoms with van der Waals surface area (Å²) in [6.07, 6.45) is 6.33. The van der Waals surface area contributed by atoms with Gasteiger partial charge in [-0.3, -0.25) is 0 Å². The molecule has 1 nitrogen and oxygen atoms in total. The largest absolute Gasteiger partial charge is 0.393 e. The number of aliphatic hydroxyl groups is 1. The lowest BCUT2D eigenvalue weighted by Gasteiger charge is -1.93. The summed E-state index contributed by atoms with van der Waals surface area (Å²) in [5.41, 5.74) is 0. The first kappa shape index (κ1) is 9.17. The quantitative estimate of drug-likeness (QED) is 0.590. The van der Waals surface area contributed by atoms with E-state index < -0.39 is 0 Å². The molecule has 1 N–H and O–H groups in total. The van der Waals surface area contributed by atoms with Crippen molar-refractivity contribution in [2.75, 3.05) is 0 Å². The van der Waals surface area contributed by atoms with Crippen molar-refractivity contribution in [1.29, 1.82) is 0 Å². The predicted molar refractivity (Wildman–Crippen MR) is 48.6 cm³/mol. The van der Waals surface area contributed by atoms with E-state index in [4.69, 9.17) is 5.11 Å². The molecule has 0 rings (SSSR count). The van der Waals surface area contributed by atoms with Crippen molar-refractivity contribution in [2.24, 2.45) is 0 Å². The zero-order chi connectivity index (χ0) is 7.11. The Morgan fingerprint density at radius 3 is 2.67 bits per heavy atom. The molecule has 0 spiro atoms. The van der Waals surface area contributed by atoms with Gasteiger partial charge in [0, 0.05) is 0 Å². The zero-order valence-corrected chi connectivity index (χ0v) is 7.58. The average molecular weight is 238 g/mol. The Morgan fingerprint density at radius 1 is 1.56 bits per heavy atom. The van der Waals surface area contributed by atoms with Crippen LogP contribution in [0.5, 0.6) is 0 Å². The summed E-state index contributed by atoms with van der Waals surface area (Å²) in [6.45, 7) is 1.78. The molecule has 0 aliphatic heterocycles. The Bertz CT molecular complexity index is 105. The number of hydrogen-bond acceptors (Lipinski definition) is 1. The zero-order valence-electron chi connectivity index (χ0n) is 5.42. The van der Waals surface area contributed by atoms with E-state index in [1.54, 1.807) is 6.92 Å². The molecule has 2 heteroatoms. The van der Waals surface area contributed by atoms with Crippen LogP contribution < -0.4 is 0 Å². The molecule has 9 heavy (non-hydrogen) atoms. The highest BCUT2D eigenvalue weighted by molar-refractivity contribution is 14.1. The first-order valence-electron chi connectivity index (χ1n) is 2.87. The van der Waals surface area contributed by atoms with Crippen molar-refractivity contribution < 1.29 is 5.11 Å². The second kappa shape index (κ2) is 6.29. The molecule has 0 aliphatic rings. The second-order valence-electron chi connectivity index (χ2n) is 1.83. The summed E-state index contributed by atoms with van der Waals surface area (Å²) in [7, 11) is 0. The van der Waals surface area contributed by atoms with Crippen LogP contribution in [0.3, 0.4) is 0 Å². The molecule has 0 heterocycles. The van der Waals surface area contributed by atoms with Crippen LogP contribution in [-0.4, -0.2) is 11.2 Å². The number of aliphatic hydroxyl groups excluding tert-OH is 1. The summed E-state index contributed by atoms with van der Waals surface area (Å²) in [5.74, 6) is 0. The molecule has 0 aliphatic carbocycles. The highest BCUT2D eigenvalue weighted by Gasteiger charge is 1.86. The Balaban J connectivity index is 3.25. The standard InChI is InChI=1S/C7H11IO/c1-7(9)5-3-2-4-6-8/h2-4,6-7,9H,5H2,1H3/b3-2+,6-4+/t7-/m1/s1. The van der Waals surface area contributed by atoms with E-state index in [9.17, 15) is 0 Å². The lowest BCUT2D eigenvalue weighted by molar-refractivity contribution is 0.198. The SMILES string of the molecule is C[C@@H](O)C/C=C/C=C/I. The Hall–Kier alpha value is 0.170. The number of allylic oxidation sites excluding steroid dienone is 2. The number of halogens is 1. The molecule has 0 fully saturated rings. The van der Waals surface area contributed by atoms with Crippen molar-refractivity contribution in [3.63, 3.8) is 0 Å². The lowest BCUT2D eigenvalue weighted by atomic mass is 10.3. The molecule has 1 atom stereocenters. The molecule has 0 saturated carbocycles. The smallest absolute Gasteiger partial charge is 0.0546 e. The van der Waals surface area contributed by atoms with Gasteiger partial charge in [-0.15, -0.1) is 0 Å². The van der Waals surface area contributed by atoms with E-state index in [-0.39, 0.29) is 6.10 Å². The second-order valence-corrected chi connectivity index (χ2v) is 2.55. The van der Waals surface area contributed by atoms with Gasteiger partial charge in [0.1, 0.15) is 0 Å². The molecule has 0 aromatic carbocycles. The van der Waals surface area contributed by atoms with Crippen LogP contribution in [0, 0.1) is 0 Å². The highest BCUT2D eigenvalue weighted by atomic mass is 127. The van der Waals surface area contributed by atoms with Gasteiger partial charge in [-0.05, 0) is 17.4 Å². The molecule has 0 saturated heterocycles. The summed E-state index contributed by atoms with van der Waals surface area (Å²) >= 11 is 2.15. The highest BCUT2D eigenvalue weighted by Crippen LogP contribution is 1.92. The average Bonchev–Trinajstić information content (AvgIpc) is 1.80. The fourth-order valence-electron chi connectivity index (χ4n) is 0.396. The van der Waals surface area contributed by atoms with Gasteiger partial charge in [-0.1, -0.05) is 40.8 Å². The van der Waals surface area contributed by atoms with Crippen LogP contribution >= 0.6 is 22.6 Å². The van der Waals surface area contributed by atoms with Crippen LogP contribution in [0.25, 0.3) is 0 Å². The maximum atomic E-state index is 8.77. The fraction of sp³-hybridized carbons (Fsp3) is 0.429. The summed E-state index contributed by atoms with van der Waals surface area (Å²) in [6, 6.07) is 0. The van der Waals surface area contributed by atoms with Gasteiger partial charge in [0.2, 0.25) is 0 Å². The molecular formula is C7H11IO. The van der Waals surface area contributed by atoms with Crippen molar-refractivity contribution in [3.05, 3.63) is 22.3 Å². The number of hydrogen-bond donors (Lipinski definition) is 1. The van der Waals surface area contributed by atoms with Gasteiger partial charge < -0.3 is 5.11 Å². The summed E-state index contributed by atoms with van der Waals surface area (Å²) in [5, 5.41) is 8.77. The van der Waals surface area contributed by atoms with Crippen molar-refractivity contribution in [3.8, 4) is 0 Å². The normalized spacial score (nSPS) is 15.4. The van der Waals surface area contributed by atoms with Crippen LogP contribution in [0.4, 0.5) is 0 Å². The van der Waals surface area contributed by atoms with Gasteiger partial charge in [-0.2, -0.15) is 0 Å².